The molecule has 5 nitrogen and oxygen atoms in total. The van der Waals surface area contributed by atoms with Gasteiger partial charge in [0, 0.05) is 36.4 Å². The molecule has 1 aliphatic heterocycles. The highest BCUT2D eigenvalue weighted by Crippen LogP contribution is 2.27. The van der Waals surface area contributed by atoms with Crippen LogP contribution in [0.4, 0.5) is 0 Å². The topological polar surface area (TPSA) is 56.4 Å². The van der Waals surface area contributed by atoms with E-state index >= 15 is 0 Å². The Kier molecular flexibility index (Phi) is 4.85. The molecule has 1 aromatic carbocycles. The van der Waals surface area contributed by atoms with Crippen molar-refractivity contribution in [2.75, 3.05) is 25.2 Å². The van der Waals surface area contributed by atoms with Crippen LogP contribution < -0.4 is 0 Å². The SMILES string of the molecule is CC(C)CN(C)C(=O)[C@H]1CSCN1C(=O)c1c[nH]c2ccccc12. The molecule has 2 aromatic rings. The number of benzene rings is 1. The van der Waals surface area contributed by atoms with Crippen LogP contribution in [-0.4, -0.2) is 57.9 Å². The summed E-state index contributed by atoms with van der Waals surface area (Å²) in [7, 11) is 1.82. The number of H-pyrrole nitrogens is 1. The summed E-state index contributed by atoms with van der Waals surface area (Å²) in [5.74, 6) is 1.58. The number of hydrogen-bond donors (Lipinski definition) is 1. The second kappa shape index (κ2) is 6.89. The molecule has 0 bridgehead atoms. The van der Waals surface area contributed by atoms with E-state index in [0.29, 0.717) is 29.7 Å². The zero-order valence-electron chi connectivity index (χ0n) is 14.3. The Morgan fingerprint density at radius 2 is 2.12 bits per heavy atom. The molecule has 1 N–H and O–H groups in total. The Labute approximate surface area is 146 Å². The van der Waals surface area contributed by atoms with Gasteiger partial charge in [-0.05, 0) is 12.0 Å². The molecule has 2 amide bonds. The number of carbonyl (C=O) groups is 2. The van der Waals surface area contributed by atoms with Gasteiger partial charge in [-0.3, -0.25) is 9.59 Å². The van der Waals surface area contributed by atoms with Gasteiger partial charge < -0.3 is 14.8 Å². The predicted octanol–water partition coefficient (Wildman–Crippen LogP) is 2.80. The molecule has 0 radical (unpaired) electrons. The maximum atomic E-state index is 13.0. The van der Waals surface area contributed by atoms with E-state index in [0.717, 1.165) is 10.9 Å². The van der Waals surface area contributed by atoms with E-state index in [4.69, 9.17) is 0 Å². The Morgan fingerprint density at radius 3 is 2.88 bits per heavy atom. The average molecular weight is 345 g/mol. The summed E-state index contributed by atoms with van der Waals surface area (Å²) in [5, 5.41) is 0.904. The molecule has 1 aromatic heterocycles. The third-order valence-electron chi connectivity index (χ3n) is 4.26. The summed E-state index contributed by atoms with van der Waals surface area (Å²) in [6, 6.07) is 7.37. The summed E-state index contributed by atoms with van der Waals surface area (Å²) in [5.41, 5.74) is 1.57. The predicted molar refractivity (Wildman–Crippen MR) is 98.1 cm³/mol. The molecule has 1 atom stereocenters. The molecule has 3 rings (SSSR count). The first-order valence-electron chi connectivity index (χ1n) is 8.19. The lowest BCUT2D eigenvalue weighted by Crippen LogP contribution is -2.48. The number of thioether (sulfide) groups is 1. The fourth-order valence-corrected chi connectivity index (χ4v) is 4.29. The van der Waals surface area contributed by atoms with Crippen molar-refractivity contribution in [3.8, 4) is 0 Å². The molecule has 24 heavy (non-hydrogen) atoms. The average Bonchev–Trinajstić information content (AvgIpc) is 3.19. The fourth-order valence-electron chi connectivity index (χ4n) is 3.14. The smallest absolute Gasteiger partial charge is 0.257 e. The summed E-state index contributed by atoms with van der Waals surface area (Å²) in [4.78, 5) is 32.3. The van der Waals surface area contributed by atoms with Gasteiger partial charge in [-0.15, -0.1) is 11.8 Å². The normalized spacial score (nSPS) is 17.7. The Hall–Kier alpha value is -1.95. The van der Waals surface area contributed by atoms with E-state index in [-0.39, 0.29) is 17.9 Å². The minimum Gasteiger partial charge on any atom is -0.360 e. The van der Waals surface area contributed by atoms with Gasteiger partial charge in [0.05, 0.1) is 11.4 Å². The maximum Gasteiger partial charge on any atom is 0.257 e. The highest BCUT2D eigenvalue weighted by Gasteiger charge is 2.37. The van der Waals surface area contributed by atoms with Crippen molar-refractivity contribution in [1.82, 2.24) is 14.8 Å². The second-order valence-corrected chi connectivity index (χ2v) is 7.65. The van der Waals surface area contributed by atoms with Gasteiger partial charge in [0.15, 0.2) is 0 Å². The van der Waals surface area contributed by atoms with E-state index in [1.165, 1.54) is 0 Å². The van der Waals surface area contributed by atoms with Gasteiger partial charge in [0.25, 0.3) is 5.91 Å². The number of fused-ring (bicyclic) bond motifs is 1. The third-order valence-corrected chi connectivity index (χ3v) is 5.28. The van der Waals surface area contributed by atoms with Crippen molar-refractivity contribution in [2.24, 2.45) is 5.92 Å². The monoisotopic (exact) mass is 345 g/mol. The van der Waals surface area contributed by atoms with E-state index < -0.39 is 0 Å². The number of aromatic amines is 1. The molecule has 0 aliphatic carbocycles. The minimum atomic E-state index is -0.375. The standard InChI is InChI=1S/C18H23N3O2S/c1-12(2)9-20(3)18(23)16-10-24-11-21(16)17(22)14-8-19-15-7-5-4-6-13(14)15/h4-8,12,16,19H,9-11H2,1-3H3/t16-/m1/s1. The van der Waals surface area contributed by atoms with Crippen LogP contribution in [0.15, 0.2) is 30.5 Å². The van der Waals surface area contributed by atoms with Crippen LogP contribution >= 0.6 is 11.8 Å². The molecule has 0 spiro atoms. The number of aromatic nitrogens is 1. The van der Waals surface area contributed by atoms with E-state index in [1.807, 2.05) is 31.3 Å². The summed E-state index contributed by atoms with van der Waals surface area (Å²) in [6.45, 7) is 4.87. The maximum absolute atomic E-state index is 13.0. The molecule has 0 unspecified atom stereocenters. The second-order valence-electron chi connectivity index (χ2n) is 6.65. The molecule has 1 saturated heterocycles. The number of rotatable bonds is 4. The van der Waals surface area contributed by atoms with Crippen LogP contribution in [0.5, 0.6) is 0 Å². The van der Waals surface area contributed by atoms with E-state index in [1.54, 1.807) is 27.8 Å². The van der Waals surface area contributed by atoms with Gasteiger partial charge in [-0.2, -0.15) is 0 Å². The van der Waals surface area contributed by atoms with Crippen LogP contribution in [0.1, 0.15) is 24.2 Å². The highest BCUT2D eigenvalue weighted by molar-refractivity contribution is 7.99. The van der Waals surface area contributed by atoms with E-state index in [2.05, 4.69) is 18.8 Å². The molecule has 2 heterocycles. The number of nitrogens with zero attached hydrogens (tertiary/aromatic N) is 2. The third kappa shape index (κ3) is 3.15. The lowest BCUT2D eigenvalue weighted by atomic mass is 10.1. The molecule has 6 heteroatoms. The number of amides is 2. The van der Waals surface area contributed by atoms with Gasteiger partial charge in [0.2, 0.25) is 5.91 Å². The Bertz CT molecular complexity index is 756. The summed E-state index contributed by atoms with van der Waals surface area (Å²) in [6.07, 6.45) is 1.75. The molecular weight excluding hydrogens is 322 g/mol. The van der Waals surface area contributed by atoms with E-state index in [9.17, 15) is 9.59 Å². The van der Waals surface area contributed by atoms with Gasteiger partial charge in [-0.1, -0.05) is 32.0 Å². The number of para-hydroxylation sites is 1. The first-order valence-corrected chi connectivity index (χ1v) is 9.34. The largest absolute Gasteiger partial charge is 0.360 e. The summed E-state index contributed by atoms with van der Waals surface area (Å²) >= 11 is 1.63. The van der Waals surface area contributed by atoms with Crippen molar-refractivity contribution in [3.05, 3.63) is 36.0 Å². The van der Waals surface area contributed by atoms with Gasteiger partial charge in [-0.25, -0.2) is 0 Å². The first kappa shape index (κ1) is 16.9. The van der Waals surface area contributed by atoms with Crippen molar-refractivity contribution < 1.29 is 9.59 Å². The molecule has 128 valence electrons. The lowest BCUT2D eigenvalue weighted by Gasteiger charge is -2.28. The zero-order chi connectivity index (χ0) is 17.3. The number of nitrogens with one attached hydrogen (secondary N) is 1. The van der Waals surface area contributed by atoms with Crippen LogP contribution in [-0.2, 0) is 4.79 Å². The van der Waals surface area contributed by atoms with Crippen molar-refractivity contribution >= 4 is 34.5 Å². The lowest BCUT2D eigenvalue weighted by molar-refractivity contribution is -0.134. The van der Waals surface area contributed by atoms with Crippen LogP contribution in [0.25, 0.3) is 10.9 Å². The van der Waals surface area contributed by atoms with Crippen LogP contribution in [0.3, 0.4) is 0 Å². The van der Waals surface area contributed by atoms with Crippen LogP contribution in [0.2, 0.25) is 0 Å². The number of likely N-dealkylation sites (N-methyl/N-ethyl adjacent to an activating group) is 1. The fraction of sp³-hybridized carbons (Fsp3) is 0.444. The molecular formula is C18H23N3O2S. The van der Waals surface area contributed by atoms with Crippen molar-refractivity contribution in [2.45, 2.75) is 19.9 Å². The zero-order valence-corrected chi connectivity index (χ0v) is 15.1. The molecule has 1 aliphatic rings. The molecule has 0 saturated carbocycles. The minimum absolute atomic E-state index is 0.0295. The number of carbonyl (C=O) groups excluding carboxylic acids is 2. The van der Waals surface area contributed by atoms with Crippen molar-refractivity contribution in [3.63, 3.8) is 0 Å². The highest BCUT2D eigenvalue weighted by atomic mass is 32.2. The summed E-state index contributed by atoms with van der Waals surface area (Å²) < 4.78 is 0. The quantitative estimate of drug-likeness (QED) is 0.927. The molecule has 1 fully saturated rings. The number of hydrogen-bond acceptors (Lipinski definition) is 3. The first-order chi connectivity index (χ1) is 11.5. The Morgan fingerprint density at radius 1 is 1.38 bits per heavy atom. The van der Waals surface area contributed by atoms with Crippen molar-refractivity contribution in [1.29, 1.82) is 0 Å². The van der Waals surface area contributed by atoms with Gasteiger partial charge in [0.1, 0.15) is 6.04 Å². The van der Waals surface area contributed by atoms with Crippen LogP contribution in [0, 0.1) is 5.92 Å². The Balaban J connectivity index is 1.82. The van der Waals surface area contributed by atoms with Gasteiger partial charge >= 0.3 is 0 Å².